The van der Waals surface area contributed by atoms with Gasteiger partial charge in [-0.3, -0.25) is 4.40 Å². The van der Waals surface area contributed by atoms with Gasteiger partial charge in [-0.15, -0.1) is 0 Å². The van der Waals surface area contributed by atoms with E-state index in [4.69, 9.17) is 0 Å². The Morgan fingerprint density at radius 2 is 1.59 bits per heavy atom. The number of aliphatic hydroxyl groups is 1. The minimum absolute atomic E-state index is 0.209. The molecule has 0 atom stereocenters. The predicted molar refractivity (Wildman–Crippen MR) is 123 cm³/mol. The van der Waals surface area contributed by atoms with Gasteiger partial charge in [-0.2, -0.15) is 0 Å². The second-order valence-electron chi connectivity index (χ2n) is 8.38. The van der Waals surface area contributed by atoms with Crippen molar-refractivity contribution in [2.24, 2.45) is 0 Å². The van der Waals surface area contributed by atoms with Crippen LogP contribution in [0.4, 0.5) is 0 Å². The molecule has 0 aliphatic heterocycles. The molecule has 32 heavy (non-hydrogen) atoms. The van der Waals surface area contributed by atoms with E-state index in [2.05, 4.69) is 9.97 Å². The first-order chi connectivity index (χ1) is 15.2. The zero-order chi connectivity index (χ0) is 22.7. The highest BCUT2D eigenvalue weighted by Crippen LogP contribution is 2.29. The van der Waals surface area contributed by atoms with Crippen LogP contribution in [0.1, 0.15) is 25.0 Å². The molecule has 0 fully saturated rings. The van der Waals surface area contributed by atoms with Gasteiger partial charge in [0.05, 0.1) is 33.4 Å². The van der Waals surface area contributed by atoms with Crippen LogP contribution in [-0.2, 0) is 15.6 Å². The van der Waals surface area contributed by atoms with E-state index in [-0.39, 0.29) is 4.90 Å². The van der Waals surface area contributed by atoms with Crippen molar-refractivity contribution in [3.05, 3.63) is 84.4 Å². The van der Waals surface area contributed by atoms with Crippen molar-refractivity contribution in [1.82, 2.24) is 18.3 Å². The predicted octanol–water partition coefficient (Wildman–Crippen LogP) is 4.12. The van der Waals surface area contributed by atoms with Crippen molar-refractivity contribution < 1.29 is 13.5 Å². The van der Waals surface area contributed by atoms with Gasteiger partial charge < -0.3 is 5.11 Å². The number of aromatic nitrogens is 4. The molecule has 0 radical (unpaired) electrons. The fourth-order valence-electron chi connectivity index (χ4n) is 3.78. The van der Waals surface area contributed by atoms with Gasteiger partial charge in [-0.25, -0.2) is 22.4 Å². The van der Waals surface area contributed by atoms with Crippen molar-refractivity contribution in [2.75, 3.05) is 0 Å². The fraction of sp³-hybridized carbons (Fsp3) is 0.167. The van der Waals surface area contributed by atoms with Gasteiger partial charge >= 0.3 is 0 Å². The summed E-state index contributed by atoms with van der Waals surface area (Å²) < 4.78 is 29.4. The Morgan fingerprint density at radius 3 is 2.25 bits per heavy atom. The van der Waals surface area contributed by atoms with Gasteiger partial charge in [0.25, 0.3) is 10.0 Å². The maximum atomic E-state index is 13.2. The molecule has 0 spiro atoms. The Hall–Kier alpha value is -3.49. The maximum Gasteiger partial charge on any atom is 0.269 e. The molecule has 2 aromatic carbocycles. The molecule has 0 unspecified atom stereocenters. The normalized spacial score (nSPS) is 12.6. The molecule has 8 heteroatoms. The molecule has 5 aromatic rings. The van der Waals surface area contributed by atoms with E-state index in [0.29, 0.717) is 11.2 Å². The van der Waals surface area contributed by atoms with E-state index in [1.807, 2.05) is 35.6 Å². The standard InChI is InChI=1S/C24H22N4O3S/c1-16-4-10-19(11-5-16)32(30,31)28-13-12-20-23(28)25-14-21-22(26-15-27(20)21)17-6-8-18(9-7-17)24(2,3)29/h4-15,29H,1-3H3. The number of fused-ring (bicyclic) bond motifs is 3. The second kappa shape index (κ2) is 7.01. The van der Waals surface area contributed by atoms with Crippen molar-refractivity contribution in [2.45, 2.75) is 31.3 Å². The Balaban J connectivity index is 1.62. The zero-order valence-electron chi connectivity index (χ0n) is 17.9. The van der Waals surface area contributed by atoms with Crippen LogP contribution in [0.2, 0.25) is 0 Å². The molecule has 7 nitrogen and oxygen atoms in total. The summed E-state index contributed by atoms with van der Waals surface area (Å²) in [5, 5.41) is 10.2. The van der Waals surface area contributed by atoms with Crippen LogP contribution in [0.15, 0.2) is 78.2 Å². The van der Waals surface area contributed by atoms with E-state index in [1.165, 1.54) is 10.2 Å². The Labute approximate surface area is 185 Å². The largest absolute Gasteiger partial charge is 0.386 e. The van der Waals surface area contributed by atoms with Crippen LogP contribution in [-0.4, -0.2) is 31.9 Å². The zero-order valence-corrected chi connectivity index (χ0v) is 18.7. The average molecular weight is 447 g/mol. The van der Waals surface area contributed by atoms with Crippen molar-refractivity contribution in [1.29, 1.82) is 0 Å². The van der Waals surface area contributed by atoms with Crippen molar-refractivity contribution >= 4 is 26.7 Å². The minimum Gasteiger partial charge on any atom is -0.386 e. The molecule has 0 amide bonds. The maximum absolute atomic E-state index is 13.2. The molecule has 0 aliphatic carbocycles. The van der Waals surface area contributed by atoms with Gasteiger partial charge in [-0.1, -0.05) is 42.0 Å². The number of imidazole rings is 1. The van der Waals surface area contributed by atoms with Crippen LogP contribution >= 0.6 is 0 Å². The summed E-state index contributed by atoms with van der Waals surface area (Å²) in [6.07, 6.45) is 4.82. The van der Waals surface area contributed by atoms with E-state index >= 15 is 0 Å². The molecule has 162 valence electrons. The summed E-state index contributed by atoms with van der Waals surface area (Å²) in [5.41, 5.74) is 4.23. The Kier molecular flexibility index (Phi) is 4.47. The molecule has 0 saturated heterocycles. The van der Waals surface area contributed by atoms with E-state index < -0.39 is 15.6 Å². The summed E-state index contributed by atoms with van der Waals surface area (Å²) in [7, 11) is -3.78. The summed E-state index contributed by atoms with van der Waals surface area (Å²) in [6.45, 7) is 5.39. The molecule has 0 saturated carbocycles. The highest BCUT2D eigenvalue weighted by Gasteiger charge is 2.22. The lowest BCUT2D eigenvalue weighted by atomic mass is 9.97. The van der Waals surface area contributed by atoms with Gasteiger partial charge in [0.2, 0.25) is 0 Å². The first-order valence-corrected chi connectivity index (χ1v) is 11.6. The molecule has 5 rings (SSSR count). The number of hydrogen-bond acceptors (Lipinski definition) is 5. The molecule has 3 heterocycles. The molecule has 1 N–H and O–H groups in total. The monoisotopic (exact) mass is 446 g/mol. The van der Waals surface area contributed by atoms with E-state index in [0.717, 1.165) is 27.9 Å². The third-order valence-electron chi connectivity index (χ3n) is 5.62. The quantitative estimate of drug-likeness (QED) is 0.448. The van der Waals surface area contributed by atoms with Gasteiger partial charge in [0.15, 0.2) is 5.65 Å². The number of aryl methyl sites for hydroxylation is 1. The van der Waals surface area contributed by atoms with Gasteiger partial charge in [-0.05, 0) is 44.5 Å². The van der Waals surface area contributed by atoms with Crippen LogP contribution in [0.3, 0.4) is 0 Å². The Morgan fingerprint density at radius 1 is 0.906 bits per heavy atom. The molecule has 3 aromatic heterocycles. The first-order valence-electron chi connectivity index (χ1n) is 10.1. The third kappa shape index (κ3) is 3.19. The lowest BCUT2D eigenvalue weighted by molar-refractivity contribution is 0.0786. The molecule has 0 bridgehead atoms. The highest BCUT2D eigenvalue weighted by atomic mass is 32.2. The van der Waals surface area contributed by atoms with Crippen LogP contribution in [0.5, 0.6) is 0 Å². The number of hydrogen-bond donors (Lipinski definition) is 1. The molecular formula is C24H22N4O3S. The first kappa shape index (κ1) is 20.4. The molecule has 0 aliphatic rings. The van der Waals surface area contributed by atoms with Crippen molar-refractivity contribution in [3.8, 4) is 11.3 Å². The smallest absolute Gasteiger partial charge is 0.269 e. The molecular weight excluding hydrogens is 424 g/mol. The average Bonchev–Trinajstić information content (AvgIpc) is 3.38. The number of benzene rings is 2. The second-order valence-corrected chi connectivity index (χ2v) is 10.2. The minimum atomic E-state index is -3.78. The van der Waals surface area contributed by atoms with Crippen LogP contribution in [0.25, 0.3) is 27.9 Å². The fourth-order valence-corrected chi connectivity index (χ4v) is 5.08. The van der Waals surface area contributed by atoms with E-state index in [9.17, 15) is 13.5 Å². The lowest BCUT2D eigenvalue weighted by Crippen LogP contribution is -2.14. The van der Waals surface area contributed by atoms with Gasteiger partial charge in [0, 0.05) is 11.8 Å². The number of nitrogens with zero attached hydrogens (tertiary/aromatic N) is 4. The van der Waals surface area contributed by atoms with Gasteiger partial charge in [0.1, 0.15) is 6.33 Å². The number of rotatable bonds is 4. The summed E-state index contributed by atoms with van der Waals surface area (Å²) in [6, 6.07) is 16.0. The van der Waals surface area contributed by atoms with Crippen LogP contribution in [0, 0.1) is 6.92 Å². The van der Waals surface area contributed by atoms with Crippen molar-refractivity contribution in [3.63, 3.8) is 0 Å². The summed E-state index contributed by atoms with van der Waals surface area (Å²) >= 11 is 0. The summed E-state index contributed by atoms with van der Waals surface area (Å²) in [4.78, 5) is 9.23. The highest BCUT2D eigenvalue weighted by molar-refractivity contribution is 7.90. The van der Waals surface area contributed by atoms with E-state index in [1.54, 1.807) is 56.7 Å². The lowest BCUT2D eigenvalue weighted by Gasteiger charge is -2.17. The third-order valence-corrected chi connectivity index (χ3v) is 7.30. The van der Waals surface area contributed by atoms with Crippen LogP contribution < -0.4 is 0 Å². The summed E-state index contributed by atoms with van der Waals surface area (Å²) in [5.74, 6) is 0. The SMILES string of the molecule is Cc1ccc(S(=O)(=O)n2ccc3c2ncc2c(-c4ccc(C(C)(C)O)cc4)ncn23)cc1. The Bertz CT molecular complexity index is 1560. The topological polar surface area (TPSA) is 89.5 Å².